The third-order valence-electron chi connectivity index (χ3n) is 2.67. The molecule has 2 heterocycles. The maximum atomic E-state index is 11.5. The minimum atomic E-state index is 0.0533. The summed E-state index contributed by atoms with van der Waals surface area (Å²) in [6, 6.07) is 0. The van der Waals surface area contributed by atoms with Crippen LogP contribution in [0.1, 0.15) is 0 Å². The van der Waals surface area contributed by atoms with Crippen molar-refractivity contribution in [1.82, 2.24) is 9.27 Å². The minimum Gasteiger partial charge on any atom is -0.349 e. The van der Waals surface area contributed by atoms with E-state index in [9.17, 15) is 4.79 Å². The quantitative estimate of drug-likeness (QED) is 0.354. The number of nitrogens with zero attached hydrogens (tertiary/aromatic N) is 6. The summed E-state index contributed by atoms with van der Waals surface area (Å²) in [6.07, 6.45) is 0. The summed E-state index contributed by atoms with van der Waals surface area (Å²) in [5.74, 6) is 0.592. The van der Waals surface area contributed by atoms with Crippen LogP contribution < -0.4 is 9.64 Å². The first-order valence-corrected chi connectivity index (χ1v) is 7.36. The van der Waals surface area contributed by atoms with Gasteiger partial charge in [0, 0.05) is 54.7 Å². The van der Waals surface area contributed by atoms with Gasteiger partial charge in [0.05, 0.1) is 0 Å². The van der Waals surface area contributed by atoms with Gasteiger partial charge in [-0.05, 0) is 15.9 Å². The molecule has 17 heavy (non-hydrogen) atoms. The van der Waals surface area contributed by atoms with Gasteiger partial charge in [-0.1, -0.05) is 5.11 Å². The van der Waals surface area contributed by atoms with Crippen LogP contribution in [-0.4, -0.2) is 48.5 Å². The maximum absolute atomic E-state index is 11.5. The molecule has 0 aromatic carbocycles. The van der Waals surface area contributed by atoms with Gasteiger partial charge in [-0.3, -0.25) is 9.69 Å². The molecule has 1 saturated heterocycles. The zero-order valence-corrected chi connectivity index (χ0v) is 10.8. The minimum absolute atomic E-state index is 0.0533. The summed E-state index contributed by atoms with van der Waals surface area (Å²) >= 11 is 0. The van der Waals surface area contributed by atoms with Crippen LogP contribution in [0.5, 0.6) is 0 Å². The second kappa shape index (κ2) is 5.97. The number of anilines is 1. The fraction of sp³-hybridized carbons (Fsp3) is 0.750. The van der Waals surface area contributed by atoms with Gasteiger partial charge in [0.15, 0.2) is 0 Å². The number of piperazine rings is 1. The van der Waals surface area contributed by atoms with Crippen molar-refractivity contribution in [1.29, 1.82) is 0 Å². The zero-order valence-electron chi connectivity index (χ0n) is 9.15. The monoisotopic (exact) mass is 272 g/mol. The smallest absolute Gasteiger partial charge is 0.286 e. The van der Waals surface area contributed by atoms with Crippen molar-refractivity contribution in [3.63, 3.8) is 0 Å². The summed E-state index contributed by atoms with van der Waals surface area (Å²) in [5.41, 5.74) is 8.18. The predicted octanol–water partition coefficient (Wildman–Crippen LogP) is 0.997. The molecule has 0 spiro atoms. The van der Waals surface area contributed by atoms with Gasteiger partial charge in [0.2, 0.25) is 5.82 Å². The van der Waals surface area contributed by atoms with Gasteiger partial charge in [0.25, 0.3) is 4.74 Å². The van der Waals surface area contributed by atoms with Crippen LogP contribution in [0.3, 0.4) is 0 Å². The Balaban J connectivity index is 1.84. The SMILES string of the molecule is [N-]=[N+]=NCCN1CCN(c2nssc2=O)CC1. The Kier molecular flexibility index (Phi) is 4.32. The van der Waals surface area contributed by atoms with Crippen molar-refractivity contribution >= 4 is 26.7 Å². The number of rotatable bonds is 4. The van der Waals surface area contributed by atoms with Crippen molar-refractivity contribution in [2.75, 3.05) is 44.2 Å². The van der Waals surface area contributed by atoms with E-state index in [1.54, 1.807) is 0 Å². The molecule has 0 bridgehead atoms. The van der Waals surface area contributed by atoms with E-state index in [4.69, 9.17) is 5.53 Å². The Morgan fingerprint density at radius 2 is 2.18 bits per heavy atom. The summed E-state index contributed by atoms with van der Waals surface area (Å²) in [5, 5.41) is 3.52. The highest BCUT2D eigenvalue weighted by Gasteiger charge is 2.20. The van der Waals surface area contributed by atoms with Crippen LogP contribution in [-0.2, 0) is 0 Å². The standard InChI is InChI=1S/C8H12N6OS2/c9-12-10-1-2-13-3-5-14(6-4-13)7-8(15)16-17-11-7/h1-6H2. The molecular weight excluding hydrogens is 260 g/mol. The van der Waals surface area contributed by atoms with Crippen molar-refractivity contribution < 1.29 is 0 Å². The van der Waals surface area contributed by atoms with Gasteiger partial charge >= 0.3 is 0 Å². The van der Waals surface area contributed by atoms with E-state index in [0.29, 0.717) is 12.4 Å². The van der Waals surface area contributed by atoms with E-state index < -0.39 is 0 Å². The fourth-order valence-electron chi connectivity index (χ4n) is 1.76. The molecule has 0 N–H and O–H groups in total. The molecule has 92 valence electrons. The zero-order chi connectivity index (χ0) is 12.1. The van der Waals surface area contributed by atoms with Crippen LogP contribution in [0.2, 0.25) is 0 Å². The second-order valence-electron chi connectivity index (χ2n) is 3.64. The lowest BCUT2D eigenvalue weighted by atomic mass is 10.3. The normalized spacial score (nSPS) is 16.8. The first kappa shape index (κ1) is 12.3. The highest BCUT2D eigenvalue weighted by molar-refractivity contribution is 7.66. The molecule has 1 aromatic rings. The van der Waals surface area contributed by atoms with Crippen LogP contribution in [0, 0.1) is 0 Å². The van der Waals surface area contributed by atoms with E-state index in [1.807, 2.05) is 4.90 Å². The molecule has 0 amide bonds. The number of azide groups is 1. The Morgan fingerprint density at radius 3 is 2.76 bits per heavy atom. The van der Waals surface area contributed by atoms with Crippen LogP contribution >= 0.6 is 20.9 Å². The molecule has 2 rings (SSSR count). The van der Waals surface area contributed by atoms with E-state index in [1.165, 1.54) is 20.9 Å². The van der Waals surface area contributed by atoms with Crippen LogP contribution in [0.25, 0.3) is 10.4 Å². The molecule has 1 fully saturated rings. The maximum Gasteiger partial charge on any atom is 0.286 e. The van der Waals surface area contributed by atoms with Crippen molar-refractivity contribution in [2.45, 2.75) is 0 Å². The van der Waals surface area contributed by atoms with Crippen LogP contribution in [0.15, 0.2) is 9.91 Å². The van der Waals surface area contributed by atoms with E-state index >= 15 is 0 Å². The average Bonchev–Trinajstić information content (AvgIpc) is 2.77. The van der Waals surface area contributed by atoms with Crippen LogP contribution in [0.4, 0.5) is 5.82 Å². The summed E-state index contributed by atoms with van der Waals surface area (Å²) in [4.78, 5) is 18.4. The lowest BCUT2D eigenvalue weighted by Gasteiger charge is -2.33. The summed E-state index contributed by atoms with van der Waals surface area (Å²) < 4.78 is 4.18. The molecule has 0 radical (unpaired) electrons. The Labute approximate surface area is 105 Å². The predicted molar refractivity (Wildman–Crippen MR) is 68.9 cm³/mol. The highest BCUT2D eigenvalue weighted by Crippen LogP contribution is 2.13. The van der Waals surface area contributed by atoms with Crippen molar-refractivity contribution in [3.05, 3.63) is 20.0 Å². The molecule has 7 nitrogen and oxygen atoms in total. The molecule has 0 atom stereocenters. The van der Waals surface area contributed by atoms with Crippen molar-refractivity contribution in [3.8, 4) is 0 Å². The summed E-state index contributed by atoms with van der Waals surface area (Å²) in [7, 11) is 2.43. The fourth-order valence-corrected chi connectivity index (χ4v) is 3.19. The molecule has 0 aliphatic carbocycles. The van der Waals surface area contributed by atoms with Gasteiger partial charge < -0.3 is 4.90 Å². The lowest BCUT2D eigenvalue weighted by Crippen LogP contribution is -2.48. The van der Waals surface area contributed by atoms with E-state index in [-0.39, 0.29) is 4.74 Å². The molecule has 0 saturated carbocycles. The van der Waals surface area contributed by atoms with Gasteiger partial charge in [-0.25, -0.2) is 0 Å². The van der Waals surface area contributed by atoms with E-state index in [0.717, 1.165) is 32.7 Å². The Bertz CT molecular complexity index is 457. The Morgan fingerprint density at radius 1 is 1.41 bits per heavy atom. The molecule has 9 heteroatoms. The second-order valence-corrected chi connectivity index (χ2v) is 5.46. The number of hydrogen-bond donors (Lipinski definition) is 0. The molecule has 0 unspecified atom stereocenters. The third kappa shape index (κ3) is 3.16. The molecule has 1 aliphatic heterocycles. The third-order valence-corrected chi connectivity index (χ3v) is 4.23. The number of hydrogen-bond acceptors (Lipinski definition) is 7. The van der Waals surface area contributed by atoms with Gasteiger partial charge in [-0.15, -0.1) is 0 Å². The van der Waals surface area contributed by atoms with Gasteiger partial charge in [-0.2, -0.15) is 4.37 Å². The first-order chi connectivity index (χ1) is 8.31. The topological polar surface area (TPSA) is 85.2 Å². The molecule has 1 aliphatic rings. The Hall–Kier alpha value is -1.15. The van der Waals surface area contributed by atoms with Crippen molar-refractivity contribution in [2.24, 2.45) is 5.11 Å². The summed E-state index contributed by atoms with van der Waals surface area (Å²) in [6.45, 7) is 4.65. The largest absolute Gasteiger partial charge is 0.349 e. The molecule has 1 aromatic heterocycles. The van der Waals surface area contributed by atoms with E-state index in [2.05, 4.69) is 19.3 Å². The number of aromatic nitrogens is 1. The first-order valence-electron chi connectivity index (χ1n) is 5.25. The average molecular weight is 272 g/mol. The van der Waals surface area contributed by atoms with Gasteiger partial charge in [0.1, 0.15) is 0 Å². The highest BCUT2D eigenvalue weighted by atomic mass is 32.9. The molecular formula is C8H12N6OS2. The lowest BCUT2D eigenvalue weighted by molar-refractivity contribution is 0.264.